The van der Waals surface area contributed by atoms with Crippen LogP contribution in [0.5, 0.6) is 0 Å². The summed E-state index contributed by atoms with van der Waals surface area (Å²) in [7, 11) is 0. The summed E-state index contributed by atoms with van der Waals surface area (Å²) in [6, 6.07) is 5.76. The Hall–Kier alpha value is -2.07. The van der Waals surface area contributed by atoms with Crippen LogP contribution in [0, 0.1) is 21.4 Å². The first-order valence-corrected chi connectivity index (χ1v) is 5.70. The number of nitro benzene ring substituents is 1. The maximum Gasteiger partial charge on any atom is 0.319 e. The average Bonchev–Trinajstić information content (AvgIpc) is 2.28. The van der Waals surface area contributed by atoms with Gasteiger partial charge >= 0.3 is 5.97 Å². The summed E-state index contributed by atoms with van der Waals surface area (Å²) in [5.74, 6) is -1.06. The van der Waals surface area contributed by atoms with Gasteiger partial charge in [0.05, 0.1) is 21.5 Å². The number of hydrogen-bond acceptors (Lipinski definition) is 5. The minimum atomic E-state index is -1.18. The molecule has 1 N–H and O–H groups in total. The number of benzene rings is 1. The molecule has 0 fully saturated rings. The van der Waals surface area contributed by atoms with Crippen molar-refractivity contribution in [3.05, 3.63) is 33.9 Å². The molecule has 0 aliphatic rings. The number of nitrogens with zero attached hydrogens (tertiary/aromatic N) is 2. The van der Waals surface area contributed by atoms with Gasteiger partial charge in [-0.15, -0.1) is 11.8 Å². The largest absolute Gasteiger partial charge is 0.480 e. The van der Waals surface area contributed by atoms with E-state index in [4.69, 9.17) is 10.4 Å². The summed E-state index contributed by atoms with van der Waals surface area (Å²) in [5.41, 5.74) is -0.0902. The molecule has 94 valence electrons. The molecule has 0 atom stereocenters. The molecular weight excluding hydrogens is 256 g/mol. The Morgan fingerprint density at radius 1 is 1.56 bits per heavy atom. The predicted molar refractivity (Wildman–Crippen MR) is 65.4 cm³/mol. The van der Waals surface area contributed by atoms with E-state index in [-0.39, 0.29) is 16.1 Å². The van der Waals surface area contributed by atoms with Gasteiger partial charge in [0.1, 0.15) is 4.75 Å². The number of thioether (sulfide) groups is 1. The summed E-state index contributed by atoms with van der Waals surface area (Å²) < 4.78 is -1.18. The molecular formula is C11H10N2O4S. The van der Waals surface area contributed by atoms with Crippen molar-refractivity contribution in [2.75, 3.05) is 0 Å². The molecule has 0 aromatic heterocycles. The van der Waals surface area contributed by atoms with Crippen molar-refractivity contribution >= 4 is 23.4 Å². The van der Waals surface area contributed by atoms with Crippen LogP contribution in [0.4, 0.5) is 5.69 Å². The van der Waals surface area contributed by atoms with Crippen LogP contribution >= 0.6 is 11.8 Å². The zero-order chi connectivity index (χ0) is 13.9. The molecule has 0 unspecified atom stereocenters. The number of carbonyl (C=O) groups is 1. The quantitative estimate of drug-likeness (QED) is 0.509. The Morgan fingerprint density at radius 2 is 2.17 bits per heavy atom. The van der Waals surface area contributed by atoms with E-state index in [0.29, 0.717) is 0 Å². The Balaban J connectivity index is 3.22. The van der Waals surface area contributed by atoms with Crippen LogP contribution in [0.3, 0.4) is 0 Å². The van der Waals surface area contributed by atoms with E-state index in [2.05, 4.69) is 0 Å². The second-order valence-electron chi connectivity index (χ2n) is 3.97. The van der Waals surface area contributed by atoms with E-state index in [1.807, 2.05) is 0 Å². The highest BCUT2D eigenvalue weighted by Crippen LogP contribution is 2.38. The molecule has 0 heterocycles. The lowest BCUT2D eigenvalue weighted by Crippen LogP contribution is -2.27. The molecule has 18 heavy (non-hydrogen) atoms. The first-order chi connectivity index (χ1) is 8.27. The Kier molecular flexibility index (Phi) is 3.93. The SMILES string of the molecule is CC(C)(Sc1ccc(C#N)cc1[N+](=O)[O-])C(=O)O. The zero-order valence-corrected chi connectivity index (χ0v) is 10.5. The van der Waals surface area contributed by atoms with Crippen molar-refractivity contribution in [3.8, 4) is 6.07 Å². The summed E-state index contributed by atoms with van der Waals surface area (Å²) >= 11 is 0.878. The van der Waals surface area contributed by atoms with Crippen LogP contribution in [-0.2, 0) is 4.79 Å². The monoisotopic (exact) mass is 266 g/mol. The fraction of sp³-hybridized carbons (Fsp3) is 0.273. The average molecular weight is 266 g/mol. The highest BCUT2D eigenvalue weighted by Gasteiger charge is 2.31. The number of nitro groups is 1. The predicted octanol–water partition coefficient (Wildman–Crippen LogP) is 2.42. The second-order valence-corrected chi connectivity index (χ2v) is 5.63. The third kappa shape index (κ3) is 2.99. The van der Waals surface area contributed by atoms with E-state index in [1.165, 1.54) is 26.0 Å². The van der Waals surface area contributed by atoms with Gasteiger partial charge in [-0.05, 0) is 26.0 Å². The van der Waals surface area contributed by atoms with Gasteiger partial charge in [0.25, 0.3) is 5.69 Å². The maximum absolute atomic E-state index is 11.0. The van der Waals surface area contributed by atoms with Gasteiger partial charge in [0, 0.05) is 6.07 Å². The van der Waals surface area contributed by atoms with Crippen molar-refractivity contribution in [2.45, 2.75) is 23.5 Å². The first kappa shape index (κ1) is 14.0. The van der Waals surface area contributed by atoms with Crippen molar-refractivity contribution in [3.63, 3.8) is 0 Å². The van der Waals surface area contributed by atoms with E-state index in [1.54, 1.807) is 6.07 Å². The van der Waals surface area contributed by atoms with E-state index in [9.17, 15) is 14.9 Å². The summed E-state index contributed by atoms with van der Waals surface area (Å²) in [5, 5.41) is 28.6. The second kappa shape index (κ2) is 5.06. The van der Waals surface area contributed by atoms with Gasteiger partial charge in [0.2, 0.25) is 0 Å². The lowest BCUT2D eigenvalue weighted by Gasteiger charge is -2.18. The molecule has 0 amide bonds. The smallest absolute Gasteiger partial charge is 0.319 e. The molecule has 0 saturated heterocycles. The fourth-order valence-electron chi connectivity index (χ4n) is 1.13. The summed E-state index contributed by atoms with van der Waals surface area (Å²) in [6.45, 7) is 2.92. The highest BCUT2D eigenvalue weighted by molar-refractivity contribution is 8.01. The van der Waals surface area contributed by atoms with Gasteiger partial charge in [-0.2, -0.15) is 5.26 Å². The molecule has 0 aliphatic heterocycles. The number of carboxylic acid groups (broad SMARTS) is 1. The molecule has 0 spiro atoms. The summed E-state index contributed by atoms with van der Waals surface area (Å²) in [4.78, 5) is 21.5. The van der Waals surface area contributed by atoms with Gasteiger partial charge in [0.15, 0.2) is 0 Å². The minimum absolute atomic E-state index is 0.166. The Labute approximate surface area is 107 Å². The molecule has 1 aromatic carbocycles. The van der Waals surface area contributed by atoms with Crippen LogP contribution in [0.25, 0.3) is 0 Å². The van der Waals surface area contributed by atoms with Crippen molar-refractivity contribution in [1.29, 1.82) is 5.26 Å². The number of carboxylic acids is 1. The van der Waals surface area contributed by atoms with Crippen LogP contribution in [0.15, 0.2) is 23.1 Å². The molecule has 0 aliphatic carbocycles. The molecule has 6 nitrogen and oxygen atoms in total. The van der Waals surface area contributed by atoms with Gasteiger partial charge < -0.3 is 5.11 Å². The van der Waals surface area contributed by atoms with E-state index >= 15 is 0 Å². The zero-order valence-electron chi connectivity index (χ0n) is 9.71. The number of hydrogen-bond donors (Lipinski definition) is 1. The van der Waals surface area contributed by atoms with Crippen LogP contribution in [0.1, 0.15) is 19.4 Å². The number of rotatable bonds is 4. The van der Waals surface area contributed by atoms with Crippen LogP contribution < -0.4 is 0 Å². The van der Waals surface area contributed by atoms with Gasteiger partial charge in [-0.25, -0.2) is 0 Å². The van der Waals surface area contributed by atoms with Crippen molar-refractivity contribution < 1.29 is 14.8 Å². The molecule has 0 radical (unpaired) electrons. The van der Waals surface area contributed by atoms with E-state index < -0.39 is 15.6 Å². The molecule has 0 saturated carbocycles. The third-order valence-electron chi connectivity index (χ3n) is 2.16. The van der Waals surface area contributed by atoms with Crippen LogP contribution in [-0.4, -0.2) is 20.7 Å². The van der Waals surface area contributed by atoms with Crippen molar-refractivity contribution in [2.24, 2.45) is 0 Å². The normalized spacial score (nSPS) is 10.7. The van der Waals surface area contributed by atoms with Gasteiger partial charge in [-0.1, -0.05) is 0 Å². The fourth-order valence-corrected chi connectivity index (χ4v) is 2.15. The topological polar surface area (TPSA) is 104 Å². The summed E-state index contributed by atoms with van der Waals surface area (Å²) in [6.07, 6.45) is 0. The Morgan fingerprint density at radius 3 is 2.61 bits per heavy atom. The Bertz CT molecular complexity index is 548. The van der Waals surface area contributed by atoms with E-state index in [0.717, 1.165) is 17.8 Å². The van der Waals surface area contributed by atoms with Crippen molar-refractivity contribution in [1.82, 2.24) is 0 Å². The highest BCUT2D eigenvalue weighted by atomic mass is 32.2. The third-order valence-corrected chi connectivity index (χ3v) is 3.41. The molecule has 1 rings (SSSR count). The standard InChI is InChI=1S/C11H10N2O4S/c1-11(2,10(14)15)18-9-4-3-7(6-12)5-8(9)13(16)17/h3-5H,1-2H3,(H,14,15). The lowest BCUT2D eigenvalue weighted by molar-refractivity contribution is -0.387. The maximum atomic E-state index is 11.0. The number of aliphatic carboxylic acids is 1. The minimum Gasteiger partial charge on any atom is -0.480 e. The molecule has 7 heteroatoms. The molecule has 1 aromatic rings. The van der Waals surface area contributed by atoms with Crippen LogP contribution in [0.2, 0.25) is 0 Å². The number of nitriles is 1. The molecule has 0 bridgehead atoms. The van der Waals surface area contributed by atoms with Gasteiger partial charge in [-0.3, -0.25) is 14.9 Å². The lowest BCUT2D eigenvalue weighted by atomic mass is 10.2. The first-order valence-electron chi connectivity index (χ1n) is 4.89.